The van der Waals surface area contributed by atoms with E-state index in [1.165, 1.54) is 12.2 Å². The van der Waals surface area contributed by atoms with Gasteiger partial charge >= 0.3 is 5.97 Å². The van der Waals surface area contributed by atoms with E-state index in [-0.39, 0.29) is 5.57 Å². The molecule has 0 atom stereocenters. The molecule has 1 aromatic carbocycles. The van der Waals surface area contributed by atoms with Crippen LogP contribution >= 0.6 is 0 Å². The van der Waals surface area contributed by atoms with Crippen LogP contribution in [-0.4, -0.2) is 29.4 Å². The lowest BCUT2D eigenvalue weighted by atomic mass is 10.1. The maximum absolute atomic E-state index is 10.9. The molecule has 0 amide bonds. The van der Waals surface area contributed by atoms with E-state index in [0.29, 0.717) is 36.0 Å². The van der Waals surface area contributed by atoms with Gasteiger partial charge in [0.15, 0.2) is 5.75 Å². The summed E-state index contributed by atoms with van der Waals surface area (Å²) in [5, 5.41) is 13.7. The van der Waals surface area contributed by atoms with E-state index in [1.807, 2.05) is 12.1 Å². The Hall–Kier alpha value is -3.02. The van der Waals surface area contributed by atoms with Crippen molar-refractivity contribution in [1.82, 2.24) is 5.16 Å². The molecule has 0 unspecified atom stereocenters. The second-order valence-electron chi connectivity index (χ2n) is 4.80. The molecule has 0 aliphatic carbocycles. The van der Waals surface area contributed by atoms with Gasteiger partial charge in [0.1, 0.15) is 18.9 Å². The number of rotatable bonds is 4. The Labute approximate surface area is 132 Å². The number of nitrogens with zero attached hydrogens (tertiary/aromatic N) is 1. The highest BCUT2D eigenvalue weighted by Crippen LogP contribution is 2.38. The van der Waals surface area contributed by atoms with Gasteiger partial charge < -0.3 is 19.1 Å². The van der Waals surface area contributed by atoms with E-state index in [0.717, 1.165) is 5.39 Å². The Morgan fingerprint density at radius 3 is 2.87 bits per heavy atom. The van der Waals surface area contributed by atoms with Crippen molar-refractivity contribution >= 4 is 23.0 Å². The van der Waals surface area contributed by atoms with Gasteiger partial charge in [0.25, 0.3) is 0 Å². The predicted molar refractivity (Wildman–Crippen MR) is 84.6 cm³/mol. The Kier molecular flexibility index (Phi) is 4.14. The number of ether oxygens (including phenoxy) is 2. The van der Waals surface area contributed by atoms with E-state index in [2.05, 4.69) is 5.16 Å². The van der Waals surface area contributed by atoms with Gasteiger partial charge in [0.2, 0.25) is 11.3 Å². The summed E-state index contributed by atoms with van der Waals surface area (Å²) in [5.41, 5.74) is 1.41. The van der Waals surface area contributed by atoms with Crippen LogP contribution in [0.5, 0.6) is 11.5 Å². The van der Waals surface area contributed by atoms with E-state index in [4.69, 9.17) is 19.1 Å². The van der Waals surface area contributed by atoms with Crippen LogP contribution in [0, 0.1) is 0 Å². The number of hydrogen-bond donors (Lipinski definition) is 1. The average Bonchev–Trinajstić information content (AvgIpc) is 2.98. The number of aliphatic carboxylic acids is 1. The van der Waals surface area contributed by atoms with Gasteiger partial charge in [0, 0.05) is 0 Å². The lowest BCUT2D eigenvalue weighted by molar-refractivity contribution is -0.132. The first kappa shape index (κ1) is 14.9. The van der Waals surface area contributed by atoms with Crippen molar-refractivity contribution < 1.29 is 23.9 Å². The fourth-order valence-electron chi connectivity index (χ4n) is 2.24. The molecule has 0 radical (unpaired) electrons. The molecule has 1 N–H and O–H groups in total. The number of carboxylic acids is 1. The minimum atomic E-state index is -0.965. The third-order valence-corrected chi connectivity index (χ3v) is 3.37. The van der Waals surface area contributed by atoms with Gasteiger partial charge in [-0.3, -0.25) is 0 Å². The summed E-state index contributed by atoms with van der Waals surface area (Å²) in [6.45, 7) is 2.66. The smallest absolute Gasteiger partial charge is 0.335 e. The van der Waals surface area contributed by atoms with Crippen LogP contribution < -0.4 is 9.47 Å². The molecule has 6 heteroatoms. The summed E-state index contributed by atoms with van der Waals surface area (Å²) in [4.78, 5) is 10.9. The highest BCUT2D eigenvalue weighted by molar-refractivity contribution is 5.92. The van der Waals surface area contributed by atoms with Gasteiger partial charge in [0.05, 0.1) is 11.0 Å². The SMILES string of the molecule is C\C=C(/C=C\C=C\c1noc2c3c(ccc12)OCCO3)C(=O)O. The summed E-state index contributed by atoms with van der Waals surface area (Å²) >= 11 is 0. The van der Waals surface area contributed by atoms with Gasteiger partial charge in [-0.05, 0) is 31.2 Å². The maximum atomic E-state index is 10.9. The van der Waals surface area contributed by atoms with E-state index in [1.54, 1.807) is 25.2 Å². The monoisotopic (exact) mass is 313 g/mol. The van der Waals surface area contributed by atoms with Crippen molar-refractivity contribution in [3.05, 3.63) is 47.7 Å². The molecule has 1 aliphatic heterocycles. The summed E-state index contributed by atoms with van der Waals surface area (Å²) < 4.78 is 16.4. The first-order chi connectivity index (χ1) is 11.2. The maximum Gasteiger partial charge on any atom is 0.335 e. The van der Waals surface area contributed by atoms with Crippen molar-refractivity contribution in [3.63, 3.8) is 0 Å². The Balaban J connectivity index is 1.85. The summed E-state index contributed by atoms with van der Waals surface area (Å²) in [6.07, 6.45) is 8.14. The van der Waals surface area contributed by atoms with Gasteiger partial charge in [-0.2, -0.15) is 0 Å². The molecule has 3 rings (SSSR count). The lowest BCUT2D eigenvalue weighted by Gasteiger charge is -2.17. The van der Waals surface area contributed by atoms with Crippen LogP contribution in [0.2, 0.25) is 0 Å². The molecular formula is C17H15NO5. The number of hydrogen-bond acceptors (Lipinski definition) is 5. The number of fused-ring (bicyclic) bond motifs is 3. The first-order valence-corrected chi connectivity index (χ1v) is 7.13. The molecule has 118 valence electrons. The molecule has 0 saturated carbocycles. The number of carbonyl (C=O) groups is 1. The summed E-state index contributed by atoms with van der Waals surface area (Å²) in [5.74, 6) is 0.251. The number of allylic oxidation sites excluding steroid dienone is 3. The molecule has 6 nitrogen and oxygen atoms in total. The Morgan fingerprint density at radius 2 is 2.09 bits per heavy atom. The molecule has 0 spiro atoms. The second kappa shape index (κ2) is 6.39. The van der Waals surface area contributed by atoms with Gasteiger partial charge in [-0.1, -0.05) is 23.4 Å². The topological polar surface area (TPSA) is 81.8 Å². The van der Waals surface area contributed by atoms with Crippen LogP contribution in [0.3, 0.4) is 0 Å². The van der Waals surface area contributed by atoms with Crippen LogP contribution in [0.15, 0.2) is 46.5 Å². The lowest BCUT2D eigenvalue weighted by Crippen LogP contribution is -2.15. The molecule has 23 heavy (non-hydrogen) atoms. The predicted octanol–water partition coefficient (Wildman–Crippen LogP) is 3.20. The Morgan fingerprint density at radius 1 is 1.26 bits per heavy atom. The van der Waals surface area contributed by atoms with E-state index < -0.39 is 5.97 Å². The standard InChI is InChI=1S/C17H15NO5/c1-2-11(17(19)20)5-3-4-6-13-12-7-8-14-16(15(12)23-18-13)22-10-9-21-14/h2-8H,9-10H2,1H3,(H,19,20)/b5-3-,6-4+,11-2+. The number of benzene rings is 1. The largest absolute Gasteiger partial charge is 0.486 e. The molecule has 0 saturated heterocycles. The zero-order chi connectivity index (χ0) is 16.2. The summed E-state index contributed by atoms with van der Waals surface area (Å²) in [6, 6.07) is 3.68. The first-order valence-electron chi connectivity index (χ1n) is 7.13. The highest BCUT2D eigenvalue weighted by Gasteiger charge is 2.19. The van der Waals surface area contributed by atoms with Crippen LogP contribution in [0.25, 0.3) is 17.0 Å². The van der Waals surface area contributed by atoms with Crippen molar-refractivity contribution in [2.45, 2.75) is 6.92 Å². The third kappa shape index (κ3) is 2.96. The van der Waals surface area contributed by atoms with Crippen molar-refractivity contribution in [3.8, 4) is 11.5 Å². The van der Waals surface area contributed by atoms with Crippen molar-refractivity contribution in [2.75, 3.05) is 13.2 Å². The zero-order valence-corrected chi connectivity index (χ0v) is 12.5. The van der Waals surface area contributed by atoms with Crippen LogP contribution in [0.4, 0.5) is 0 Å². The molecule has 1 aromatic heterocycles. The van der Waals surface area contributed by atoms with Crippen molar-refractivity contribution in [2.24, 2.45) is 0 Å². The summed E-state index contributed by atoms with van der Waals surface area (Å²) in [7, 11) is 0. The van der Waals surface area contributed by atoms with Gasteiger partial charge in [-0.15, -0.1) is 0 Å². The van der Waals surface area contributed by atoms with E-state index in [9.17, 15) is 4.79 Å². The minimum Gasteiger partial charge on any atom is -0.486 e. The second-order valence-corrected chi connectivity index (χ2v) is 4.80. The average molecular weight is 313 g/mol. The number of aromatic nitrogens is 1. The third-order valence-electron chi connectivity index (χ3n) is 3.37. The fraction of sp³-hybridized carbons (Fsp3) is 0.176. The quantitative estimate of drug-likeness (QED) is 0.689. The highest BCUT2D eigenvalue weighted by atomic mass is 16.6. The fourth-order valence-corrected chi connectivity index (χ4v) is 2.24. The molecular weight excluding hydrogens is 298 g/mol. The number of carboxylic acid groups (broad SMARTS) is 1. The molecule has 0 bridgehead atoms. The van der Waals surface area contributed by atoms with Crippen molar-refractivity contribution in [1.29, 1.82) is 0 Å². The van der Waals surface area contributed by atoms with Crippen LogP contribution in [0.1, 0.15) is 12.6 Å². The molecule has 2 aromatic rings. The van der Waals surface area contributed by atoms with Crippen LogP contribution in [-0.2, 0) is 4.79 Å². The molecule has 0 fully saturated rings. The normalized spacial score (nSPS) is 14.9. The van der Waals surface area contributed by atoms with Gasteiger partial charge in [-0.25, -0.2) is 4.79 Å². The molecule has 2 heterocycles. The zero-order valence-electron chi connectivity index (χ0n) is 12.5. The molecule has 1 aliphatic rings. The Bertz CT molecular complexity index is 829. The minimum absolute atomic E-state index is 0.222. The van der Waals surface area contributed by atoms with E-state index >= 15 is 0 Å².